The maximum Gasteiger partial charge on any atom is 1.00 e. The summed E-state index contributed by atoms with van der Waals surface area (Å²) >= 11 is 37.2. The number of nitro groups is 1. The van der Waals surface area contributed by atoms with Crippen LogP contribution in [-0.2, 0) is 4.57 Å². The number of H-pyrrole nitrogens is 4. The van der Waals surface area contributed by atoms with Crippen LogP contribution in [0.15, 0.2) is 250 Å². The number of nitro benzene ring substituents is 1. The number of nitrogens with two attached hydrogens (primary N) is 1. The first-order chi connectivity index (χ1) is 63.2. The number of aromatic amines is 4. The quantitative estimate of drug-likeness (QED) is 0.00919. The molecule has 8 heterocycles. The molecular formula is C87H84BCl7N16NaO22P. The zero-order valence-electron chi connectivity index (χ0n) is 73.4. The molecule has 48 heteroatoms. The van der Waals surface area contributed by atoms with E-state index in [4.69, 9.17) is 111 Å². The van der Waals surface area contributed by atoms with Gasteiger partial charge in [-0.15, -0.1) is 0 Å². The van der Waals surface area contributed by atoms with Crippen molar-refractivity contribution in [3.8, 4) is 63.0 Å². The number of ether oxygens (including phenoxy) is 7. The van der Waals surface area contributed by atoms with Crippen LogP contribution in [0.25, 0.3) is 77.3 Å². The molecule has 8 aromatic heterocycles. The number of nitrogen functional groups attached to an aromatic ring is 1. The van der Waals surface area contributed by atoms with Gasteiger partial charge in [0.15, 0.2) is 5.82 Å². The monoisotopic (exact) mass is 2010 g/mol. The molecule has 0 amide bonds. The van der Waals surface area contributed by atoms with Gasteiger partial charge < -0.3 is 84.6 Å². The molecular weight excluding hydrogens is 1930 g/mol. The zero-order chi connectivity index (χ0) is 98.2. The van der Waals surface area contributed by atoms with Crippen LogP contribution in [0.4, 0.5) is 17.1 Å². The molecule has 0 atom stereocenters. The summed E-state index contributed by atoms with van der Waals surface area (Å²) in [6.07, 6.45) is 9.57. The second-order valence-electron chi connectivity index (χ2n) is 26.3. The van der Waals surface area contributed by atoms with Crippen LogP contribution in [0.2, 0.25) is 20.9 Å². The number of carboxylic acids is 2. The summed E-state index contributed by atoms with van der Waals surface area (Å²) in [5.41, 5.74) is 9.95. The Bertz CT molecular complexity index is 6840. The molecule has 702 valence electrons. The summed E-state index contributed by atoms with van der Waals surface area (Å²) in [4.78, 5) is 125. The third-order valence-electron chi connectivity index (χ3n) is 16.7. The third kappa shape index (κ3) is 38.0. The number of rotatable bonds is 14. The number of carbonyl (C=O) groups is 2. The molecule has 0 aliphatic rings. The average molecular weight is 2020 g/mol. The van der Waals surface area contributed by atoms with Gasteiger partial charge in [0.05, 0.1) is 104 Å². The number of aromatic nitrogens is 13. The van der Waals surface area contributed by atoms with Gasteiger partial charge in [0.25, 0.3) is 22.4 Å². The van der Waals surface area contributed by atoms with Gasteiger partial charge in [-0.2, -0.15) is 0 Å². The van der Waals surface area contributed by atoms with Gasteiger partial charge in [0, 0.05) is 108 Å². The number of anilines is 2. The molecule has 12 N–H and O–H groups in total. The first-order valence-corrected chi connectivity index (χ1v) is 43.8. The molecule has 8 aromatic carbocycles. The minimum Gasteiger partial charge on any atom is -0.870 e. The number of nitrogens with one attached hydrogen (secondary N) is 4. The van der Waals surface area contributed by atoms with E-state index in [1.807, 2.05) is 68.7 Å². The summed E-state index contributed by atoms with van der Waals surface area (Å²) in [5.74, 6) is 2.71. The van der Waals surface area contributed by atoms with Crippen molar-refractivity contribution in [3.63, 3.8) is 0 Å². The molecule has 0 aliphatic heterocycles. The number of nitrogens with zero attached hydrogens (tertiary/aromatic N) is 11. The fourth-order valence-electron chi connectivity index (χ4n) is 10.4. The number of halogens is 7. The van der Waals surface area contributed by atoms with E-state index >= 15 is 0 Å². The van der Waals surface area contributed by atoms with E-state index in [0.717, 1.165) is 45.3 Å². The van der Waals surface area contributed by atoms with E-state index in [9.17, 15) is 43.4 Å². The topological polar surface area (TPSA) is 567 Å². The zero-order valence-corrected chi connectivity index (χ0v) is 81.6. The number of para-hydroxylation sites is 1. The average Bonchev–Trinajstić information content (AvgIpc) is 0.798. The number of carboxylic acid groups (broad SMARTS) is 2. The van der Waals surface area contributed by atoms with Gasteiger partial charge in [0.2, 0.25) is 10.6 Å². The number of aliphatic hydroxyl groups is 1. The SMILES string of the molecule is CC(C)O.CN(C)c1ccccc1.COc1ccc(N)c(C(=O)O)c1.COc1ccc([N+](=O)[O-])c(C(=O)O)c1.COc1ccc2[nH]c(=O)[nH]c(=O)c2c1.COc1ccc2nc(-c3cccnc3)[nH]c(=O)c2c1.COc1ccc2nc(-c3cccnc3)nc(Cl)c2c1.COc1ccc2nc(Cl)[nH]c(=O)c2c1.COc1ccc2nc(Cl)nc(Cl)c2c1.O=P(Cl)(Cl)Cl.OB(O)c1cccnc1.[Na+].[OH-]. The molecule has 135 heavy (non-hydrogen) atoms. The van der Waals surface area contributed by atoms with Crippen LogP contribution in [0.3, 0.4) is 0 Å². The van der Waals surface area contributed by atoms with Crippen LogP contribution < -0.4 is 101 Å². The Kier molecular flexibility index (Phi) is 48.5. The van der Waals surface area contributed by atoms with Gasteiger partial charge in [-0.3, -0.25) is 54.0 Å². The summed E-state index contributed by atoms with van der Waals surface area (Å²) in [7, 11) is 13.3. The molecule has 16 aromatic rings. The number of aromatic carboxylic acids is 2. The molecule has 0 saturated heterocycles. The Labute approximate surface area is 824 Å². The second kappa shape index (κ2) is 57.4. The van der Waals surface area contributed by atoms with Crippen molar-refractivity contribution in [2.45, 2.75) is 20.0 Å². The predicted molar refractivity (Wildman–Crippen MR) is 519 cm³/mol. The van der Waals surface area contributed by atoms with Crippen molar-refractivity contribution in [1.29, 1.82) is 0 Å². The molecule has 0 bridgehead atoms. The first-order valence-electron chi connectivity index (χ1n) is 37.9. The van der Waals surface area contributed by atoms with E-state index in [1.54, 1.807) is 170 Å². The van der Waals surface area contributed by atoms with Crippen LogP contribution in [-0.4, -0.2) is 190 Å². The maximum atomic E-state index is 12.1. The summed E-state index contributed by atoms with van der Waals surface area (Å²) in [6, 6.07) is 55.0. The van der Waals surface area contributed by atoms with E-state index < -0.39 is 46.1 Å². The van der Waals surface area contributed by atoms with E-state index in [-0.39, 0.29) is 85.4 Å². The normalized spacial score (nSPS) is 9.97. The summed E-state index contributed by atoms with van der Waals surface area (Å²) < 4.78 is 44.4. The van der Waals surface area contributed by atoms with Crippen molar-refractivity contribution in [1.82, 2.24) is 64.8 Å². The van der Waals surface area contributed by atoms with Crippen LogP contribution in [0.1, 0.15) is 34.6 Å². The number of hydrogen-bond donors (Lipinski definition) is 10. The van der Waals surface area contributed by atoms with Crippen molar-refractivity contribution >= 4 is 181 Å². The Hall–Kier alpha value is -13.2. The number of methoxy groups -OCH3 is 7. The Balaban J connectivity index is 0.000000316. The Morgan fingerprint density at radius 2 is 0.874 bits per heavy atom. The number of hydrogen-bond acceptors (Lipinski definition) is 31. The van der Waals surface area contributed by atoms with Crippen LogP contribution >= 0.6 is 85.3 Å². The number of aliphatic hydroxyl groups excluding tert-OH is 1. The fraction of sp³-hybridized carbons (Fsp3) is 0.138. The van der Waals surface area contributed by atoms with Gasteiger partial charge >= 0.3 is 59.5 Å². The summed E-state index contributed by atoms with van der Waals surface area (Å²) in [6.45, 7) is 3.44. The molecule has 38 nitrogen and oxygen atoms in total. The Morgan fingerprint density at radius 1 is 0.481 bits per heavy atom. The number of fused-ring (bicyclic) bond motifs is 5. The molecule has 0 saturated carbocycles. The van der Waals surface area contributed by atoms with Crippen LogP contribution in [0, 0.1) is 10.1 Å². The van der Waals surface area contributed by atoms with Gasteiger partial charge in [-0.25, -0.2) is 44.3 Å². The fourth-order valence-corrected chi connectivity index (χ4v) is 11.3. The molecule has 0 aliphatic carbocycles. The van der Waals surface area contributed by atoms with Crippen molar-refractivity contribution in [2.24, 2.45) is 0 Å². The van der Waals surface area contributed by atoms with Gasteiger partial charge in [-0.05, 0) is 228 Å². The van der Waals surface area contributed by atoms with E-state index in [1.165, 1.54) is 51.4 Å². The minimum atomic E-state index is -3.22. The molecule has 16 rings (SSSR count). The van der Waals surface area contributed by atoms with E-state index in [2.05, 4.69) is 116 Å². The molecule has 0 spiro atoms. The smallest absolute Gasteiger partial charge is 0.870 e. The first kappa shape index (κ1) is 114. The van der Waals surface area contributed by atoms with Crippen molar-refractivity contribution < 1.29 is 113 Å². The predicted octanol–water partition coefficient (Wildman–Crippen LogP) is 12.9. The van der Waals surface area contributed by atoms with Crippen molar-refractivity contribution in [3.05, 3.63) is 315 Å². The Morgan fingerprint density at radius 3 is 1.30 bits per heavy atom. The summed E-state index contributed by atoms with van der Waals surface area (Å²) in [5, 5.41) is 53.5. The van der Waals surface area contributed by atoms with Gasteiger partial charge in [-0.1, -0.05) is 47.5 Å². The van der Waals surface area contributed by atoms with Crippen molar-refractivity contribution in [2.75, 3.05) is 74.5 Å². The third-order valence-corrected chi connectivity index (χ3v) is 17.6. The molecule has 0 fully saturated rings. The maximum absolute atomic E-state index is 12.1. The minimum absolute atomic E-state index is 0. The van der Waals surface area contributed by atoms with Gasteiger partial charge in [0.1, 0.15) is 61.9 Å². The molecule has 0 radical (unpaired) electrons. The number of pyridine rings is 3. The van der Waals surface area contributed by atoms with E-state index in [0.29, 0.717) is 94.4 Å². The number of benzene rings is 8. The standard InChI is InChI=1S/C14H10ClN3O.C14H11N3O2.C9H6Cl2N2O.C9H7ClN2O2.C9H8N2O3.C8H7NO5.C8H9NO3.C8H11N.C5H6BNO2.C3H8O.Cl3OP.Na.H2O/c1-19-10-4-5-12-11(7-10)13(15)18-14(17-12)9-3-2-6-16-8-9;1-19-10-4-5-12-11(7-10)14(18)17-13(16-12)9-3-2-6-15-8-9;1-14-5-2-3-7-6(4-5)8(10)13-9(11)12-7;1-14-5-2-3-7-6(4-5)8(13)12-9(10)11-7;1-14-5-2-3-7-6(4-5)8(12)11-9(13)10-7;1-14-5-2-3-7(9(12)13)6(4-5)8(10)11;1-12-5-2-3-7(9)6(4-5)8(10)11;1-9(2)8-6-4-3-5-7-8;8-6(9)5-2-1-3-7-4-5;1-3(2)4;1-5(2,3)4;;/h2-8H,1H3;2-8H,1H3,(H,16,17,18);2-4H,1H3;2-4H,1H3,(H,11,12,13);2-4H,1H3,(H2,10,11,12,13);2-4H,1H3,(H,10,11);2-4H,9H2,1H3,(H,10,11);3-7H,1-2H3;1-4,8-9H;3-4H,1-2H3;;;1H2/q;;;;;;;;;;;+1;/p-1. The second-order valence-corrected chi connectivity index (χ2v) is 34.4. The largest absolute Gasteiger partial charge is 1.00 e. The van der Waals surface area contributed by atoms with Crippen LogP contribution in [0.5, 0.6) is 40.2 Å². The molecule has 0 unspecified atom stereocenters.